The van der Waals surface area contributed by atoms with Crippen molar-refractivity contribution in [2.45, 2.75) is 25.9 Å². The number of thiophene rings is 1. The third-order valence-electron chi connectivity index (χ3n) is 3.24. The van der Waals surface area contributed by atoms with Gasteiger partial charge in [-0.05, 0) is 35.0 Å². The molecule has 0 radical (unpaired) electrons. The molecule has 3 heteroatoms. The number of benzene rings is 1. The van der Waals surface area contributed by atoms with Gasteiger partial charge in [0, 0.05) is 11.3 Å². The highest BCUT2D eigenvalue weighted by Gasteiger charge is 2.02. The maximum atomic E-state index is 5.70. The molecular formula is C16H21NOS. The Kier molecular flexibility index (Phi) is 5.58. The first-order valence-electron chi connectivity index (χ1n) is 6.68. The van der Waals surface area contributed by atoms with Crippen LogP contribution < -0.4 is 5.73 Å². The quantitative estimate of drug-likeness (QED) is 0.784. The maximum absolute atomic E-state index is 5.70. The molecule has 1 atom stereocenters. The van der Waals surface area contributed by atoms with Crippen molar-refractivity contribution in [1.29, 1.82) is 0 Å². The van der Waals surface area contributed by atoms with Crippen LogP contribution in [0.5, 0.6) is 0 Å². The zero-order valence-corrected chi connectivity index (χ0v) is 12.2. The van der Waals surface area contributed by atoms with E-state index >= 15 is 0 Å². The van der Waals surface area contributed by atoms with Gasteiger partial charge in [0.2, 0.25) is 0 Å². The van der Waals surface area contributed by atoms with E-state index < -0.39 is 0 Å². The molecule has 0 bridgehead atoms. The molecule has 0 aliphatic carbocycles. The standard InChI is InChI=1S/C16H21NOS/c1-13(11-17)15-6-4-14(5-7-15)12-18-9-8-16-3-2-10-19-16/h2-7,10,13H,8-9,11-12,17H2,1H3. The van der Waals surface area contributed by atoms with Gasteiger partial charge in [-0.15, -0.1) is 11.3 Å². The van der Waals surface area contributed by atoms with Crippen LogP contribution in [0.2, 0.25) is 0 Å². The second-order valence-corrected chi connectivity index (χ2v) is 5.79. The van der Waals surface area contributed by atoms with E-state index in [9.17, 15) is 0 Å². The molecule has 2 rings (SSSR count). The average Bonchev–Trinajstić information content (AvgIpc) is 2.96. The van der Waals surface area contributed by atoms with Gasteiger partial charge >= 0.3 is 0 Å². The third-order valence-corrected chi connectivity index (χ3v) is 4.18. The van der Waals surface area contributed by atoms with Crippen LogP contribution >= 0.6 is 11.3 Å². The molecule has 2 nitrogen and oxygen atoms in total. The summed E-state index contributed by atoms with van der Waals surface area (Å²) in [5, 5.41) is 2.10. The first-order chi connectivity index (χ1) is 9.29. The molecule has 0 saturated carbocycles. The minimum absolute atomic E-state index is 0.425. The molecule has 0 amide bonds. The van der Waals surface area contributed by atoms with Gasteiger partial charge in [0.25, 0.3) is 0 Å². The summed E-state index contributed by atoms with van der Waals surface area (Å²) >= 11 is 1.78. The smallest absolute Gasteiger partial charge is 0.0717 e. The van der Waals surface area contributed by atoms with Crippen molar-refractivity contribution < 1.29 is 4.74 Å². The van der Waals surface area contributed by atoms with E-state index in [1.54, 1.807) is 11.3 Å². The summed E-state index contributed by atoms with van der Waals surface area (Å²) in [6, 6.07) is 12.8. The van der Waals surface area contributed by atoms with Crippen molar-refractivity contribution in [1.82, 2.24) is 0 Å². The fourth-order valence-electron chi connectivity index (χ4n) is 1.90. The molecule has 1 heterocycles. The number of hydrogen-bond acceptors (Lipinski definition) is 3. The predicted molar refractivity (Wildman–Crippen MR) is 81.6 cm³/mol. The monoisotopic (exact) mass is 275 g/mol. The topological polar surface area (TPSA) is 35.2 Å². The van der Waals surface area contributed by atoms with E-state index in [0.717, 1.165) is 13.0 Å². The lowest BCUT2D eigenvalue weighted by Gasteiger charge is -2.10. The van der Waals surface area contributed by atoms with Crippen LogP contribution in [0.25, 0.3) is 0 Å². The maximum Gasteiger partial charge on any atom is 0.0717 e. The third kappa shape index (κ3) is 4.46. The molecular weight excluding hydrogens is 254 g/mol. The van der Waals surface area contributed by atoms with Crippen LogP contribution in [-0.2, 0) is 17.8 Å². The van der Waals surface area contributed by atoms with Crippen LogP contribution in [0, 0.1) is 0 Å². The number of hydrogen-bond donors (Lipinski definition) is 1. The summed E-state index contributed by atoms with van der Waals surface area (Å²) in [4.78, 5) is 1.38. The number of nitrogens with two attached hydrogens (primary N) is 1. The van der Waals surface area contributed by atoms with Crippen molar-refractivity contribution in [3.05, 3.63) is 57.8 Å². The second kappa shape index (κ2) is 7.43. The molecule has 1 unspecified atom stereocenters. The Labute approximate surface area is 119 Å². The highest BCUT2D eigenvalue weighted by molar-refractivity contribution is 7.09. The van der Waals surface area contributed by atoms with Crippen LogP contribution in [0.4, 0.5) is 0 Å². The van der Waals surface area contributed by atoms with Crippen LogP contribution in [0.15, 0.2) is 41.8 Å². The Bertz CT molecular complexity index is 464. The molecule has 19 heavy (non-hydrogen) atoms. The van der Waals surface area contributed by atoms with Crippen LogP contribution in [0.3, 0.4) is 0 Å². The first-order valence-corrected chi connectivity index (χ1v) is 7.56. The fraction of sp³-hybridized carbons (Fsp3) is 0.375. The zero-order valence-electron chi connectivity index (χ0n) is 11.3. The summed E-state index contributed by atoms with van der Waals surface area (Å²) in [5.74, 6) is 0.425. The SMILES string of the molecule is CC(CN)c1ccc(COCCc2cccs2)cc1. The van der Waals surface area contributed by atoms with Gasteiger partial charge in [-0.2, -0.15) is 0 Å². The Hall–Kier alpha value is -1.16. The minimum atomic E-state index is 0.425. The highest BCUT2D eigenvalue weighted by atomic mass is 32.1. The number of ether oxygens (including phenoxy) is 1. The Morgan fingerprint density at radius 1 is 1.21 bits per heavy atom. The van der Waals surface area contributed by atoms with E-state index in [4.69, 9.17) is 10.5 Å². The summed E-state index contributed by atoms with van der Waals surface area (Å²) in [6.07, 6.45) is 1.000. The van der Waals surface area contributed by atoms with Crippen molar-refractivity contribution in [3.8, 4) is 0 Å². The van der Waals surface area contributed by atoms with Crippen LogP contribution in [-0.4, -0.2) is 13.2 Å². The molecule has 2 aromatic rings. The summed E-state index contributed by atoms with van der Waals surface area (Å²) in [7, 11) is 0. The van der Waals surface area contributed by atoms with E-state index in [0.29, 0.717) is 19.1 Å². The normalized spacial score (nSPS) is 12.5. The van der Waals surface area contributed by atoms with E-state index in [2.05, 4.69) is 48.7 Å². The molecule has 1 aromatic heterocycles. The summed E-state index contributed by atoms with van der Waals surface area (Å²) < 4.78 is 5.70. The lowest BCUT2D eigenvalue weighted by atomic mass is 10.0. The molecule has 102 valence electrons. The van der Waals surface area contributed by atoms with Crippen molar-refractivity contribution in [3.63, 3.8) is 0 Å². The highest BCUT2D eigenvalue weighted by Crippen LogP contribution is 2.15. The van der Waals surface area contributed by atoms with Crippen molar-refractivity contribution in [2.24, 2.45) is 5.73 Å². The predicted octanol–water partition coefficient (Wildman–Crippen LogP) is 3.57. The molecule has 1 aromatic carbocycles. The molecule has 0 spiro atoms. The van der Waals surface area contributed by atoms with E-state index in [-0.39, 0.29) is 0 Å². The molecule has 0 aliphatic rings. The Morgan fingerprint density at radius 2 is 2.00 bits per heavy atom. The summed E-state index contributed by atoms with van der Waals surface area (Å²) in [6.45, 7) is 4.30. The average molecular weight is 275 g/mol. The molecule has 2 N–H and O–H groups in total. The zero-order chi connectivity index (χ0) is 13.5. The Morgan fingerprint density at radius 3 is 2.63 bits per heavy atom. The van der Waals surface area contributed by atoms with Gasteiger partial charge < -0.3 is 10.5 Å². The van der Waals surface area contributed by atoms with Gasteiger partial charge in [-0.3, -0.25) is 0 Å². The van der Waals surface area contributed by atoms with Crippen LogP contribution in [0.1, 0.15) is 28.8 Å². The minimum Gasteiger partial charge on any atom is -0.376 e. The van der Waals surface area contributed by atoms with Gasteiger partial charge in [-0.25, -0.2) is 0 Å². The first kappa shape index (κ1) is 14.3. The molecule has 0 aliphatic heterocycles. The molecule has 0 saturated heterocycles. The van der Waals surface area contributed by atoms with Gasteiger partial charge in [0.1, 0.15) is 0 Å². The second-order valence-electron chi connectivity index (χ2n) is 4.76. The molecule has 0 fully saturated rings. The fourth-order valence-corrected chi connectivity index (χ4v) is 2.59. The lowest BCUT2D eigenvalue weighted by molar-refractivity contribution is 0.124. The van der Waals surface area contributed by atoms with Crippen molar-refractivity contribution >= 4 is 11.3 Å². The Balaban J connectivity index is 1.74. The van der Waals surface area contributed by atoms with E-state index in [1.165, 1.54) is 16.0 Å². The van der Waals surface area contributed by atoms with Crippen molar-refractivity contribution in [2.75, 3.05) is 13.2 Å². The lowest BCUT2D eigenvalue weighted by Crippen LogP contribution is -2.08. The summed E-state index contributed by atoms with van der Waals surface area (Å²) in [5.41, 5.74) is 8.18. The van der Waals surface area contributed by atoms with E-state index in [1.807, 2.05) is 0 Å². The number of rotatable bonds is 7. The van der Waals surface area contributed by atoms with Gasteiger partial charge in [-0.1, -0.05) is 37.3 Å². The van der Waals surface area contributed by atoms with Gasteiger partial charge in [0.05, 0.1) is 13.2 Å². The largest absolute Gasteiger partial charge is 0.376 e. The van der Waals surface area contributed by atoms with Gasteiger partial charge in [0.15, 0.2) is 0 Å².